The van der Waals surface area contributed by atoms with Gasteiger partial charge >= 0.3 is 5.97 Å². The maximum Gasteiger partial charge on any atom is 0.323 e. The van der Waals surface area contributed by atoms with E-state index in [0.717, 1.165) is 0 Å². The molecule has 2 N–H and O–H groups in total. The minimum Gasteiger partial charge on any atom is -0.480 e. The molecular formula is C7H13NO3. The molecule has 11 heavy (non-hydrogen) atoms. The summed E-state index contributed by atoms with van der Waals surface area (Å²) < 4.78 is 5.33. The Balaban J connectivity index is 2.66. The summed E-state index contributed by atoms with van der Waals surface area (Å²) in [6.45, 7) is 5.37. The van der Waals surface area contributed by atoms with Gasteiger partial charge in [0, 0.05) is 0 Å². The molecule has 1 rings (SSSR count). The van der Waals surface area contributed by atoms with Crippen molar-refractivity contribution in [1.29, 1.82) is 0 Å². The molecule has 0 aromatic carbocycles. The van der Waals surface area contributed by atoms with E-state index in [2.05, 4.69) is 5.32 Å². The number of carboxylic acids is 1. The number of hydrogen-bond donors (Lipinski definition) is 2. The summed E-state index contributed by atoms with van der Waals surface area (Å²) in [6, 6.07) is -0.579. The summed E-state index contributed by atoms with van der Waals surface area (Å²) in [7, 11) is 0. The lowest BCUT2D eigenvalue weighted by Gasteiger charge is -2.16. The SMILES string of the molecule is C[C@H]1OC(C)(C)N[C@@H]1C(=O)O. The van der Waals surface area contributed by atoms with Crippen molar-refractivity contribution in [3.05, 3.63) is 0 Å². The molecule has 0 saturated carbocycles. The highest BCUT2D eigenvalue weighted by molar-refractivity contribution is 5.74. The van der Waals surface area contributed by atoms with Gasteiger partial charge < -0.3 is 9.84 Å². The summed E-state index contributed by atoms with van der Waals surface area (Å²) in [6.07, 6.45) is -0.262. The lowest BCUT2D eigenvalue weighted by molar-refractivity contribution is -0.140. The lowest BCUT2D eigenvalue weighted by atomic mass is 10.2. The Morgan fingerprint density at radius 3 is 2.36 bits per heavy atom. The van der Waals surface area contributed by atoms with Crippen LogP contribution in [0.5, 0.6) is 0 Å². The molecule has 1 saturated heterocycles. The van der Waals surface area contributed by atoms with E-state index in [-0.39, 0.29) is 6.10 Å². The molecule has 0 aliphatic carbocycles. The van der Waals surface area contributed by atoms with E-state index in [0.29, 0.717) is 0 Å². The van der Waals surface area contributed by atoms with Crippen LogP contribution in [0.4, 0.5) is 0 Å². The normalized spacial score (nSPS) is 35.5. The van der Waals surface area contributed by atoms with E-state index >= 15 is 0 Å². The van der Waals surface area contributed by atoms with Crippen LogP contribution in [-0.2, 0) is 9.53 Å². The van der Waals surface area contributed by atoms with Crippen molar-refractivity contribution < 1.29 is 14.6 Å². The number of hydrogen-bond acceptors (Lipinski definition) is 3. The standard InChI is InChI=1S/C7H13NO3/c1-4-5(6(9)10)8-7(2,3)11-4/h4-5,8H,1-3H3,(H,9,10)/t4-,5+/m1/s1. The maximum atomic E-state index is 10.6. The van der Waals surface area contributed by atoms with Gasteiger partial charge in [0.2, 0.25) is 0 Å². The van der Waals surface area contributed by atoms with Gasteiger partial charge in [0.25, 0.3) is 0 Å². The minimum absolute atomic E-state index is 0.262. The maximum absolute atomic E-state index is 10.6. The van der Waals surface area contributed by atoms with E-state index in [1.165, 1.54) is 0 Å². The van der Waals surface area contributed by atoms with Gasteiger partial charge in [-0.1, -0.05) is 0 Å². The predicted octanol–water partition coefficient (Wildman–Crippen LogP) is 0.184. The average molecular weight is 159 g/mol. The largest absolute Gasteiger partial charge is 0.480 e. The highest BCUT2D eigenvalue weighted by Gasteiger charge is 2.40. The number of ether oxygens (including phenoxy) is 1. The van der Waals surface area contributed by atoms with Crippen LogP contribution < -0.4 is 5.32 Å². The summed E-state index contributed by atoms with van der Waals surface area (Å²) in [4.78, 5) is 10.6. The van der Waals surface area contributed by atoms with Crippen LogP contribution >= 0.6 is 0 Å². The van der Waals surface area contributed by atoms with Gasteiger partial charge in [-0.3, -0.25) is 10.1 Å². The topological polar surface area (TPSA) is 58.6 Å². The van der Waals surface area contributed by atoms with Crippen LogP contribution in [0.3, 0.4) is 0 Å². The van der Waals surface area contributed by atoms with Crippen molar-refractivity contribution in [3.8, 4) is 0 Å². The van der Waals surface area contributed by atoms with Gasteiger partial charge in [-0.2, -0.15) is 0 Å². The molecule has 0 amide bonds. The number of carboxylic acid groups (broad SMARTS) is 1. The minimum atomic E-state index is -0.858. The smallest absolute Gasteiger partial charge is 0.323 e. The van der Waals surface area contributed by atoms with Crippen LogP contribution in [0.1, 0.15) is 20.8 Å². The Bertz CT molecular complexity index is 179. The summed E-state index contributed by atoms with van der Waals surface area (Å²) in [5.41, 5.74) is -0.511. The van der Waals surface area contributed by atoms with E-state index in [1.54, 1.807) is 6.92 Å². The van der Waals surface area contributed by atoms with Crippen molar-refractivity contribution in [3.63, 3.8) is 0 Å². The first-order valence-electron chi connectivity index (χ1n) is 3.61. The first-order valence-corrected chi connectivity index (χ1v) is 3.61. The number of carbonyl (C=O) groups is 1. The van der Waals surface area contributed by atoms with Crippen LogP contribution in [0.15, 0.2) is 0 Å². The second kappa shape index (κ2) is 2.46. The summed E-state index contributed by atoms with van der Waals surface area (Å²) in [5, 5.41) is 11.5. The molecule has 0 radical (unpaired) electrons. The molecule has 1 fully saturated rings. The number of rotatable bonds is 1. The van der Waals surface area contributed by atoms with Gasteiger partial charge in [-0.15, -0.1) is 0 Å². The molecule has 64 valence electrons. The van der Waals surface area contributed by atoms with Gasteiger partial charge in [-0.25, -0.2) is 0 Å². The molecule has 0 spiro atoms. The second-order valence-electron chi connectivity index (χ2n) is 3.29. The van der Waals surface area contributed by atoms with Crippen LogP contribution in [0, 0.1) is 0 Å². The van der Waals surface area contributed by atoms with E-state index < -0.39 is 17.7 Å². The van der Waals surface area contributed by atoms with E-state index in [9.17, 15) is 4.79 Å². The van der Waals surface area contributed by atoms with Gasteiger partial charge in [0.15, 0.2) is 0 Å². The van der Waals surface area contributed by atoms with Crippen LogP contribution in [0.2, 0.25) is 0 Å². The molecule has 0 aromatic rings. The van der Waals surface area contributed by atoms with Crippen LogP contribution in [-0.4, -0.2) is 28.9 Å². The predicted molar refractivity (Wildman–Crippen MR) is 39.2 cm³/mol. The van der Waals surface area contributed by atoms with Gasteiger partial charge in [-0.05, 0) is 20.8 Å². The average Bonchev–Trinajstić information content (AvgIpc) is 2.05. The monoisotopic (exact) mass is 159 g/mol. The van der Waals surface area contributed by atoms with Crippen molar-refractivity contribution in [2.75, 3.05) is 0 Å². The van der Waals surface area contributed by atoms with Gasteiger partial charge in [0.1, 0.15) is 11.8 Å². The molecule has 0 bridgehead atoms. The summed E-state index contributed by atoms with van der Waals surface area (Å²) in [5.74, 6) is -0.858. The Kier molecular flexibility index (Phi) is 1.90. The van der Waals surface area contributed by atoms with Crippen molar-refractivity contribution in [1.82, 2.24) is 5.32 Å². The van der Waals surface area contributed by atoms with Gasteiger partial charge in [0.05, 0.1) is 6.10 Å². The number of nitrogens with one attached hydrogen (secondary N) is 1. The first kappa shape index (κ1) is 8.49. The highest BCUT2D eigenvalue weighted by atomic mass is 16.5. The Labute approximate surface area is 65.5 Å². The zero-order valence-electron chi connectivity index (χ0n) is 6.92. The highest BCUT2D eigenvalue weighted by Crippen LogP contribution is 2.20. The molecule has 0 aromatic heterocycles. The van der Waals surface area contributed by atoms with E-state index in [4.69, 9.17) is 9.84 Å². The van der Waals surface area contributed by atoms with Crippen molar-refractivity contribution >= 4 is 5.97 Å². The zero-order chi connectivity index (χ0) is 8.65. The molecule has 1 aliphatic rings. The lowest BCUT2D eigenvalue weighted by Crippen LogP contribution is -2.43. The van der Waals surface area contributed by atoms with Crippen molar-refractivity contribution in [2.45, 2.75) is 38.6 Å². The Morgan fingerprint density at radius 2 is 2.18 bits per heavy atom. The van der Waals surface area contributed by atoms with Crippen LogP contribution in [0.25, 0.3) is 0 Å². The molecule has 1 aliphatic heterocycles. The number of aliphatic carboxylic acids is 1. The third kappa shape index (κ3) is 1.70. The molecule has 2 atom stereocenters. The zero-order valence-corrected chi connectivity index (χ0v) is 6.92. The third-order valence-electron chi connectivity index (χ3n) is 1.72. The fraction of sp³-hybridized carbons (Fsp3) is 0.857. The quantitative estimate of drug-likeness (QED) is 0.573. The molecule has 4 nitrogen and oxygen atoms in total. The molecule has 4 heteroatoms. The third-order valence-corrected chi connectivity index (χ3v) is 1.72. The molecular weight excluding hydrogens is 146 g/mol. The fourth-order valence-electron chi connectivity index (χ4n) is 1.32. The molecule has 1 heterocycles. The second-order valence-corrected chi connectivity index (χ2v) is 3.29. The van der Waals surface area contributed by atoms with E-state index in [1.807, 2.05) is 13.8 Å². The Morgan fingerprint density at radius 1 is 1.64 bits per heavy atom. The Hall–Kier alpha value is -0.610. The summed E-state index contributed by atoms with van der Waals surface area (Å²) >= 11 is 0. The van der Waals surface area contributed by atoms with Crippen molar-refractivity contribution in [2.24, 2.45) is 0 Å². The first-order chi connectivity index (χ1) is 4.92. The fourth-order valence-corrected chi connectivity index (χ4v) is 1.32. The molecule has 0 unspecified atom stereocenters.